The molecule has 0 aromatic heterocycles. The van der Waals surface area contributed by atoms with E-state index >= 15 is 0 Å². The lowest BCUT2D eigenvalue weighted by molar-refractivity contribution is 0.813. The lowest BCUT2D eigenvalue weighted by atomic mass is 10.1. The lowest BCUT2D eigenvalue weighted by Gasteiger charge is -2.32. The smallest absolute Gasteiger partial charge is 0.195 e. The number of anilines is 3. The Morgan fingerprint density at radius 3 is 3.00 bits per heavy atom. The maximum absolute atomic E-state index is 4.37. The number of halogens is 1. The quantitative estimate of drug-likeness (QED) is 0.780. The molecule has 1 aromatic rings. The summed E-state index contributed by atoms with van der Waals surface area (Å²) >= 11 is 3.73. The Hall–Kier alpha value is -1.43. The van der Waals surface area contributed by atoms with Crippen molar-refractivity contribution in [3.8, 4) is 0 Å². The molecule has 1 aromatic carbocycles. The molecule has 0 unspecified atom stereocenters. The summed E-state index contributed by atoms with van der Waals surface area (Å²) in [7, 11) is 0. The normalized spacial score (nSPS) is 17.4. The average molecular weight is 324 g/mol. The Labute approximate surface area is 121 Å². The van der Waals surface area contributed by atoms with Crippen LogP contribution < -0.4 is 20.9 Å². The molecule has 0 radical (unpaired) electrons. The van der Waals surface area contributed by atoms with Gasteiger partial charge >= 0.3 is 0 Å². The van der Waals surface area contributed by atoms with Gasteiger partial charge in [0.15, 0.2) is 5.96 Å². The van der Waals surface area contributed by atoms with Crippen molar-refractivity contribution in [2.24, 2.45) is 4.99 Å². The molecule has 2 aliphatic rings. The number of nitrogens with one attached hydrogen (secondary N) is 3. The molecule has 0 aliphatic carbocycles. The molecule has 0 fully saturated rings. The zero-order chi connectivity index (χ0) is 13.2. The van der Waals surface area contributed by atoms with Crippen LogP contribution in [0.4, 0.5) is 17.1 Å². The van der Waals surface area contributed by atoms with E-state index in [1.807, 2.05) is 0 Å². The summed E-state index contributed by atoms with van der Waals surface area (Å²) in [4.78, 5) is 6.75. The van der Waals surface area contributed by atoms with E-state index in [1.165, 1.54) is 11.4 Å². The van der Waals surface area contributed by atoms with Crippen LogP contribution in [0.15, 0.2) is 21.6 Å². The molecule has 6 heteroatoms. The Morgan fingerprint density at radius 1 is 1.37 bits per heavy atom. The minimum absolute atomic E-state index is 0.841. The average Bonchev–Trinajstić information content (AvgIpc) is 2.94. The number of nitrogens with zero attached hydrogens (tertiary/aromatic N) is 2. The zero-order valence-corrected chi connectivity index (χ0v) is 12.5. The fourth-order valence-electron chi connectivity index (χ4n) is 2.48. The number of fused-ring (bicyclic) bond motifs is 1. The number of guanidine groups is 1. The molecule has 0 saturated heterocycles. The first-order valence-corrected chi connectivity index (χ1v) is 7.45. The predicted octanol–water partition coefficient (Wildman–Crippen LogP) is 2.07. The summed E-state index contributed by atoms with van der Waals surface area (Å²) in [5.41, 5.74) is 3.47. The van der Waals surface area contributed by atoms with Crippen LogP contribution in [0.5, 0.6) is 0 Å². The van der Waals surface area contributed by atoms with Gasteiger partial charge in [-0.2, -0.15) is 0 Å². The van der Waals surface area contributed by atoms with E-state index in [0.29, 0.717) is 0 Å². The number of rotatable bonds is 2. The highest BCUT2D eigenvalue weighted by atomic mass is 79.9. The molecular weight excluding hydrogens is 306 g/mol. The van der Waals surface area contributed by atoms with E-state index < -0.39 is 0 Å². The monoisotopic (exact) mass is 323 g/mol. The third-order valence-electron chi connectivity index (χ3n) is 3.44. The maximum atomic E-state index is 4.37. The molecule has 0 spiro atoms. The molecule has 0 atom stereocenters. The van der Waals surface area contributed by atoms with E-state index in [0.717, 1.165) is 48.8 Å². The van der Waals surface area contributed by atoms with Gasteiger partial charge < -0.3 is 20.9 Å². The third-order valence-corrected chi connectivity index (χ3v) is 4.24. The molecule has 0 bridgehead atoms. The zero-order valence-electron chi connectivity index (χ0n) is 11.0. The fourth-order valence-corrected chi connectivity index (χ4v) is 3.17. The highest BCUT2D eigenvalue weighted by molar-refractivity contribution is 9.10. The second-order valence-electron chi connectivity index (χ2n) is 4.61. The van der Waals surface area contributed by atoms with E-state index in [2.05, 4.69) is 60.8 Å². The van der Waals surface area contributed by atoms with Gasteiger partial charge in [-0.3, -0.25) is 4.99 Å². The minimum atomic E-state index is 0.841. The molecule has 0 amide bonds. The van der Waals surface area contributed by atoms with Crippen LogP contribution in [0.1, 0.15) is 6.92 Å². The van der Waals surface area contributed by atoms with E-state index in [1.54, 1.807) is 0 Å². The van der Waals surface area contributed by atoms with Gasteiger partial charge in [0.05, 0.1) is 28.1 Å². The summed E-state index contributed by atoms with van der Waals surface area (Å²) in [6.45, 7) is 6.97. The highest BCUT2D eigenvalue weighted by Crippen LogP contribution is 2.41. The van der Waals surface area contributed by atoms with Crippen molar-refractivity contribution in [3.63, 3.8) is 0 Å². The molecule has 19 heavy (non-hydrogen) atoms. The van der Waals surface area contributed by atoms with Crippen LogP contribution in [0.2, 0.25) is 0 Å². The molecule has 102 valence electrons. The summed E-state index contributed by atoms with van der Waals surface area (Å²) < 4.78 is 1.09. The SMILES string of the molecule is CCN1CCNc2ccc(NC3=NCCN3)c(Br)c21. The Balaban J connectivity index is 1.94. The first kappa shape index (κ1) is 12.6. The van der Waals surface area contributed by atoms with Crippen LogP contribution in [0.3, 0.4) is 0 Å². The topological polar surface area (TPSA) is 51.7 Å². The van der Waals surface area contributed by atoms with Crippen molar-refractivity contribution >= 4 is 39.0 Å². The molecule has 3 N–H and O–H groups in total. The van der Waals surface area contributed by atoms with Crippen molar-refractivity contribution < 1.29 is 0 Å². The van der Waals surface area contributed by atoms with Crippen molar-refractivity contribution in [1.29, 1.82) is 0 Å². The predicted molar refractivity (Wildman–Crippen MR) is 84.4 cm³/mol. The van der Waals surface area contributed by atoms with Gasteiger partial charge in [-0.05, 0) is 35.0 Å². The van der Waals surface area contributed by atoms with Gasteiger partial charge in [0.2, 0.25) is 0 Å². The van der Waals surface area contributed by atoms with E-state index in [9.17, 15) is 0 Å². The molecular formula is C13H18BrN5. The number of benzene rings is 1. The molecule has 3 rings (SSSR count). The van der Waals surface area contributed by atoms with Gasteiger partial charge in [-0.1, -0.05) is 0 Å². The van der Waals surface area contributed by atoms with Crippen molar-refractivity contribution in [1.82, 2.24) is 5.32 Å². The standard InChI is InChI=1S/C13H18BrN5/c1-2-19-8-7-15-10-4-3-9(11(14)12(10)19)18-13-16-5-6-17-13/h3-4,15H,2,5-8H2,1H3,(H2,16,17,18). The third kappa shape index (κ3) is 2.36. The Bertz CT molecular complexity index is 514. The summed E-state index contributed by atoms with van der Waals surface area (Å²) in [5, 5.41) is 10.0. The molecule has 5 nitrogen and oxygen atoms in total. The van der Waals surface area contributed by atoms with Crippen LogP contribution in [0, 0.1) is 0 Å². The summed E-state index contributed by atoms with van der Waals surface area (Å²) in [5.74, 6) is 0.854. The first-order chi connectivity index (χ1) is 9.29. The number of hydrogen-bond donors (Lipinski definition) is 3. The summed E-state index contributed by atoms with van der Waals surface area (Å²) in [6, 6.07) is 4.21. The van der Waals surface area contributed by atoms with Gasteiger partial charge in [0, 0.05) is 26.2 Å². The molecule has 2 heterocycles. The van der Waals surface area contributed by atoms with Crippen molar-refractivity contribution in [3.05, 3.63) is 16.6 Å². The van der Waals surface area contributed by atoms with Gasteiger partial charge in [0.1, 0.15) is 0 Å². The van der Waals surface area contributed by atoms with Crippen LogP contribution in [0.25, 0.3) is 0 Å². The lowest BCUT2D eigenvalue weighted by Crippen LogP contribution is -2.34. The largest absolute Gasteiger partial charge is 0.382 e. The minimum Gasteiger partial charge on any atom is -0.382 e. The van der Waals surface area contributed by atoms with Crippen molar-refractivity contribution in [2.45, 2.75) is 6.92 Å². The number of hydrogen-bond acceptors (Lipinski definition) is 5. The van der Waals surface area contributed by atoms with Crippen LogP contribution in [-0.4, -0.2) is 38.7 Å². The highest BCUT2D eigenvalue weighted by Gasteiger charge is 2.20. The Kier molecular flexibility index (Phi) is 3.50. The fraction of sp³-hybridized carbons (Fsp3) is 0.462. The second-order valence-corrected chi connectivity index (χ2v) is 5.40. The van der Waals surface area contributed by atoms with Crippen molar-refractivity contribution in [2.75, 3.05) is 48.3 Å². The number of aliphatic imine (C=N–C) groups is 1. The van der Waals surface area contributed by atoms with Gasteiger partial charge in [-0.15, -0.1) is 0 Å². The molecule has 2 aliphatic heterocycles. The Morgan fingerprint density at radius 2 is 2.26 bits per heavy atom. The van der Waals surface area contributed by atoms with Crippen LogP contribution in [-0.2, 0) is 0 Å². The molecule has 0 saturated carbocycles. The van der Waals surface area contributed by atoms with Crippen LogP contribution >= 0.6 is 15.9 Å². The van der Waals surface area contributed by atoms with E-state index in [-0.39, 0.29) is 0 Å². The first-order valence-electron chi connectivity index (χ1n) is 6.66. The second kappa shape index (κ2) is 5.28. The number of likely N-dealkylation sites (N-methyl/N-ethyl adjacent to an activating group) is 1. The van der Waals surface area contributed by atoms with E-state index in [4.69, 9.17) is 0 Å². The van der Waals surface area contributed by atoms with Gasteiger partial charge in [0.25, 0.3) is 0 Å². The summed E-state index contributed by atoms with van der Waals surface area (Å²) in [6.07, 6.45) is 0. The maximum Gasteiger partial charge on any atom is 0.195 e. The van der Waals surface area contributed by atoms with Gasteiger partial charge in [-0.25, -0.2) is 0 Å².